The largest absolute Gasteiger partial charge is 0.493 e. The Labute approximate surface area is 282 Å². The fraction of sp³-hybridized carbons (Fsp3) is 0.545. The Morgan fingerprint density at radius 2 is 1.58 bits per heavy atom. The van der Waals surface area contributed by atoms with Crippen LogP contribution in [0.2, 0.25) is 0 Å². The Morgan fingerprint density at radius 3 is 2.21 bits per heavy atom. The van der Waals surface area contributed by atoms with Crippen LogP contribution in [-0.2, 0) is 31.5 Å². The third-order valence-corrected chi connectivity index (χ3v) is 7.92. The molecule has 0 saturated carbocycles. The van der Waals surface area contributed by atoms with E-state index >= 15 is 4.39 Å². The van der Waals surface area contributed by atoms with Crippen LogP contribution in [0.25, 0.3) is 11.3 Å². The molecule has 0 radical (unpaired) electrons. The summed E-state index contributed by atoms with van der Waals surface area (Å²) in [6.07, 6.45) is 1.49. The van der Waals surface area contributed by atoms with Gasteiger partial charge >= 0.3 is 12.3 Å². The molecule has 0 unspecified atom stereocenters. The van der Waals surface area contributed by atoms with Crippen molar-refractivity contribution in [3.63, 3.8) is 0 Å². The molecule has 1 N–H and O–H groups in total. The molecular weight excluding hydrogens is 658 g/mol. The van der Waals surface area contributed by atoms with Crippen molar-refractivity contribution >= 4 is 28.2 Å². The lowest BCUT2D eigenvalue weighted by atomic mass is 10.00. The third-order valence-electron chi connectivity index (χ3n) is 7.09. The van der Waals surface area contributed by atoms with Gasteiger partial charge in [0, 0.05) is 25.1 Å². The highest BCUT2D eigenvalue weighted by atomic mass is 32.1. The maximum atomic E-state index is 15.1. The number of ether oxygens (including phenoxy) is 5. The molecule has 3 aromatic rings. The molecule has 0 aliphatic rings. The second-order valence-electron chi connectivity index (χ2n) is 10.6. The van der Waals surface area contributed by atoms with Crippen LogP contribution >= 0.6 is 11.3 Å². The number of nitrogens with zero attached hydrogens (tertiary/aromatic N) is 3. The van der Waals surface area contributed by atoms with E-state index in [1.165, 1.54) is 18.5 Å². The Kier molecular flexibility index (Phi) is 17.0. The number of pyridine rings is 1. The number of carboxylic acid groups (broad SMARTS) is 1. The maximum absolute atomic E-state index is 15.1. The number of amides is 1. The fourth-order valence-electron chi connectivity index (χ4n) is 4.79. The molecule has 48 heavy (non-hydrogen) atoms. The van der Waals surface area contributed by atoms with Crippen LogP contribution in [0.1, 0.15) is 56.6 Å². The van der Waals surface area contributed by atoms with Crippen LogP contribution in [0.3, 0.4) is 0 Å². The van der Waals surface area contributed by atoms with E-state index in [-0.39, 0.29) is 60.5 Å². The molecule has 266 valence electrons. The first-order chi connectivity index (χ1) is 23.2. The average molecular weight is 702 g/mol. The van der Waals surface area contributed by atoms with Gasteiger partial charge in [-0.05, 0) is 42.7 Å². The molecule has 0 atom stereocenters. The van der Waals surface area contributed by atoms with Crippen LogP contribution in [0.5, 0.6) is 5.75 Å². The van der Waals surface area contributed by atoms with Crippen molar-refractivity contribution in [3.8, 4) is 17.0 Å². The normalized spacial score (nSPS) is 11.6. The molecule has 0 spiro atoms. The minimum atomic E-state index is -4.91. The van der Waals surface area contributed by atoms with E-state index in [0.29, 0.717) is 49.1 Å². The molecule has 2 aromatic heterocycles. The van der Waals surface area contributed by atoms with Crippen molar-refractivity contribution in [2.24, 2.45) is 0 Å². The molecule has 0 aliphatic carbocycles. The summed E-state index contributed by atoms with van der Waals surface area (Å²) < 4.78 is 86.3. The van der Waals surface area contributed by atoms with Crippen LogP contribution < -0.4 is 9.64 Å². The molecule has 1 aromatic carbocycles. The van der Waals surface area contributed by atoms with Crippen molar-refractivity contribution in [1.29, 1.82) is 0 Å². The van der Waals surface area contributed by atoms with E-state index in [1.807, 2.05) is 0 Å². The van der Waals surface area contributed by atoms with E-state index < -0.39 is 28.7 Å². The zero-order valence-corrected chi connectivity index (χ0v) is 28.0. The van der Waals surface area contributed by atoms with Crippen molar-refractivity contribution in [2.45, 2.75) is 58.0 Å². The van der Waals surface area contributed by atoms with Gasteiger partial charge in [-0.2, -0.15) is 17.6 Å². The Morgan fingerprint density at radius 1 is 0.917 bits per heavy atom. The number of benzene rings is 1. The molecular formula is C33H43F4N3O7S. The van der Waals surface area contributed by atoms with Gasteiger partial charge in [0.1, 0.15) is 17.0 Å². The van der Waals surface area contributed by atoms with Gasteiger partial charge in [-0.15, -0.1) is 0 Å². The second kappa shape index (κ2) is 20.9. The summed E-state index contributed by atoms with van der Waals surface area (Å²) in [5, 5.41) is 9.06. The summed E-state index contributed by atoms with van der Waals surface area (Å²) in [5.41, 5.74) is -1.71. The number of aromatic nitrogens is 2. The van der Waals surface area contributed by atoms with Gasteiger partial charge in [0.15, 0.2) is 0 Å². The number of anilines is 2. The Bertz CT molecular complexity index is 1380. The molecule has 1 amide bonds. The standard InChI is InChI=1S/C33H43F4N3O7S/c1-3-4-5-6-7-8-15-47-27-12-11-26(40(32(41)42)31-39-29(30(34)48-31)24-10-9-14-38-23-24)25(28(27)33(35,36)37)13-16-44-19-20-46-22-21-45-18-17-43-2/h9-12,14,23H,3-8,13,15-22H2,1-2H3,(H,41,42). The smallest absolute Gasteiger partial charge is 0.420 e. The monoisotopic (exact) mass is 701 g/mol. The molecule has 3 rings (SSSR count). The van der Waals surface area contributed by atoms with Crippen molar-refractivity contribution in [2.75, 3.05) is 64.9 Å². The van der Waals surface area contributed by atoms with Crippen molar-refractivity contribution in [3.05, 3.63) is 52.9 Å². The number of thiazole rings is 1. The lowest BCUT2D eigenvalue weighted by Crippen LogP contribution is -2.27. The number of methoxy groups -OCH3 is 1. The van der Waals surface area contributed by atoms with Gasteiger partial charge in [-0.25, -0.2) is 14.7 Å². The number of rotatable bonds is 23. The van der Waals surface area contributed by atoms with Crippen LogP contribution in [0, 0.1) is 5.13 Å². The fourth-order valence-corrected chi connectivity index (χ4v) is 5.61. The number of halogens is 4. The number of hydrogen-bond donors (Lipinski definition) is 1. The SMILES string of the molecule is CCCCCCCCOc1ccc(N(C(=O)O)c2nc(-c3cccnc3)c(F)s2)c(CCOCCOCCOCCOC)c1C(F)(F)F. The number of carbonyl (C=O) groups is 1. The van der Waals surface area contributed by atoms with Crippen LogP contribution in [0.4, 0.5) is 33.2 Å². The third kappa shape index (κ3) is 12.3. The van der Waals surface area contributed by atoms with E-state index in [9.17, 15) is 23.1 Å². The predicted molar refractivity (Wildman–Crippen MR) is 174 cm³/mol. The summed E-state index contributed by atoms with van der Waals surface area (Å²) >= 11 is 0.399. The topological polar surface area (TPSA) is 112 Å². The van der Waals surface area contributed by atoms with Crippen molar-refractivity contribution < 1.29 is 51.1 Å². The van der Waals surface area contributed by atoms with E-state index in [1.54, 1.807) is 19.2 Å². The zero-order chi connectivity index (χ0) is 34.8. The molecule has 0 bridgehead atoms. The lowest BCUT2D eigenvalue weighted by molar-refractivity contribution is -0.139. The zero-order valence-electron chi connectivity index (χ0n) is 27.2. The van der Waals surface area contributed by atoms with E-state index in [0.717, 1.165) is 38.2 Å². The molecule has 2 heterocycles. The first kappa shape index (κ1) is 39.1. The summed E-state index contributed by atoms with van der Waals surface area (Å²) in [6.45, 7) is 3.75. The second-order valence-corrected chi connectivity index (χ2v) is 11.5. The van der Waals surface area contributed by atoms with Gasteiger partial charge in [-0.3, -0.25) is 4.98 Å². The highest BCUT2D eigenvalue weighted by Gasteiger charge is 2.40. The van der Waals surface area contributed by atoms with Crippen LogP contribution in [-0.4, -0.2) is 81.1 Å². The van der Waals surface area contributed by atoms with Gasteiger partial charge in [0.25, 0.3) is 0 Å². The van der Waals surface area contributed by atoms with Gasteiger partial charge in [-0.1, -0.05) is 50.4 Å². The summed E-state index contributed by atoms with van der Waals surface area (Å²) in [4.78, 5) is 21.3. The van der Waals surface area contributed by atoms with E-state index in [4.69, 9.17) is 23.7 Å². The molecule has 0 fully saturated rings. The average Bonchev–Trinajstić information content (AvgIpc) is 3.44. The van der Waals surface area contributed by atoms with E-state index in [2.05, 4.69) is 16.9 Å². The molecule has 10 nitrogen and oxygen atoms in total. The minimum Gasteiger partial charge on any atom is -0.493 e. The van der Waals surface area contributed by atoms with Crippen LogP contribution in [0.15, 0.2) is 36.7 Å². The summed E-state index contributed by atoms with van der Waals surface area (Å²) in [5.74, 6) is -0.418. The van der Waals surface area contributed by atoms with Gasteiger partial charge < -0.3 is 28.8 Å². The quantitative estimate of drug-likeness (QED) is 0.0773. The van der Waals surface area contributed by atoms with Crippen molar-refractivity contribution in [1.82, 2.24) is 9.97 Å². The highest BCUT2D eigenvalue weighted by Crippen LogP contribution is 2.45. The Balaban J connectivity index is 1.87. The molecule has 0 saturated heterocycles. The lowest BCUT2D eigenvalue weighted by Gasteiger charge is -2.25. The summed E-state index contributed by atoms with van der Waals surface area (Å²) in [6, 6.07) is 5.43. The maximum Gasteiger partial charge on any atom is 0.420 e. The predicted octanol–water partition coefficient (Wildman–Crippen LogP) is 8.16. The number of hydrogen-bond acceptors (Lipinski definition) is 9. The van der Waals surface area contributed by atoms with Gasteiger partial charge in [0.05, 0.1) is 58.5 Å². The first-order valence-corrected chi connectivity index (χ1v) is 16.7. The number of unbranched alkanes of at least 4 members (excludes halogenated alkanes) is 5. The molecule has 0 aliphatic heterocycles. The first-order valence-electron chi connectivity index (χ1n) is 15.9. The minimum absolute atomic E-state index is 0.0613. The summed E-state index contributed by atoms with van der Waals surface area (Å²) in [7, 11) is 1.56. The number of alkyl halides is 3. The van der Waals surface area contributed by atoms with Gasteiger partial charge in [0.2, 0.25) is 10.3 Å². The molecule has 15 heteroatoms. The Hall–Kier alpha value is -3.37. The highest BCUT2D eigenvalue weighted by molar-refractivity contribution is 7.14.